The molecule has 3 heterocycles. The molecule has 1 atom stereocenters. The summed E-state index contributed by atoms with van der Waals surface area (Å²) < 4.78 is 10.9. The van der Waals surface area contributed by atoms with Gasteiger partial charge in [-0.2, -0.15) is 0 Å². The zero-order valence-electron chi connectivity index (χ0n) is 17.1. The van der Waals surface area contributed by atoms with Crippen LogP contribution in [0.5, 0.6) is 11.5 Å². The Morgan fingerprint density at radius 3 is 2.89 bits per heavy atom. The van der Waals surface area contributed by atoms with E-state index in [2.05, 4.69) is 29.1 Å². The van der Waals surface area contributed by atoms with Crippen molar-refractivity contribution in [1.82, 2.24) is 19.8 Å². The summed E-state index contributed by atoms with van der Waals surface area (Å²) in [5.74, 6) is 3.14. The molecule has 0 saturated carbocycles. The lowest BCUT2D eigenvalue weighted by atomic mass is 9.96. The topological polar surface area (TPSA) is 50.7 Å². The smallest absolute Gasteiger partial charge is 0.132 e. The lowest BCUT2D eigenvalue weighted by molar-refractivity contribution is 0.194. The number of hydrogen-bond acceptors (Lipinski definition) is 6. The second-order valence-corrected chi connectivity index (χ2v) is 7.94. The Hall–Kier alpha value is -2.18. The van der Waals surface area contributed by atoms with Crippen molar-refractivity contribution in [2.24, 2.45) is 0 Å². The second-order valence-electron chi connectivity index (χ2n) is 7.94. The Morgan fingerprint density at radius 2 is 2.07 bits per heavy atom. The molecule has 1 saturated heterocycles. The van der Waals surface area contributed by atoms with Gasteiger partial charge in [0.05, 0.1) is 14.2 Å². The number of benzene rings is 1. The number of hydrogen-bond donors (Lipinski definition) is 0. The molecule has 6 nitrogen and oxygen atoms in total. The number of piperidine rings is 1. The first-order valence-electron chi connectivity index (χ1n) is 10.1. The van der Waals surface area contributed by atoms with Gasteiger partial charge < -0.3 is 14.4 Å². The van der Waals surface area contributed by atoms with E-state index in [1.165, 1.54) is 23.2 Å². The average Bonchev–Trinajstić information content (AvgIpc) is 2.74. The van der Waals surface area contributed by atoms with E-state index in [0.717, 1.165) is 62.9 Å². The molecule has 2 aliphatic rings. The summed E-state index contributed by atoms with van der Waals surface area (Å²) in [6.07, 6.45) is 5.42. The molecule has 28 heavy (non-hydrogen) atoms. The van der Waals surface area contributed by atoms with Crippen molar-refractivity contribution in [2.75, 3.05) is 40.9 Å². The van der Waals surface area contributed by atoms with Crippen LogP contribution in [0, 0.1) is 0 Å². The van der Waals surface area contributed by atoms with Crippen LogP contribution >= 0.6 is 0 Å². The number of nitrogens with zero attached hydrogens (tertiary/aromatic N) is 4. The molecule has 0 amide bonds. The van der Waals surface area contributed by atoms with Gasteiger partial charge in [0.15, 0.2) is 0 Å². The number of methoxy groups -OCH3 is 2. The molecule has 0 unspecified atom stereocenters. The number of ether oxygens (including phenoxy) is 2. The van der Waals surface area contributed by atoms with Gasteiger partial charge in [0.2, 0.25) is 0 Å². The van der Waals surface area contributed by atoms with Crippen LogP contribution in [0.25, 0.3) is 0 Å². The van der Waals surface area contributed by atoms with Crippen LogP contribution < -0.4 is 9.47 Å². The predicted molar refractivity (Wildman–Crippen MR) is 109 cm³/mol. The lowest BCUT2D eigenvalue weighted by Gasteiger charge is -2.33. The van der Waals surface area contributed by atoms with E-state index in [9.17, 15) is 0 Å². The Kier molecular flexibility index (Phi) is 5.78. The minimum atomic E-state index is 0.406. The Bertz CT molecular complexity index is 826. The third kappa shape index (κ3) is 4.13. The summed E-state index contributed by atoms with van der Waals surface area (Å²) in [6.45, 7) is 5.01. The van der Waals surface area contributed by atoms with Gasteiger partial charge in [0.1, 0.15) is 17.3 Å². The molecule has 1 fully saturated rings. The van der Waals surface area contributed by atoms with Crippen LogP contribution in [0.3, 0.4) is 0 Å². The van der Waals surface area contributed by atoms with E-state index in [1.54, 1.807) is 14.2 Å². The van der Waals surface area contributed by atoms with E-state index in [-0.39, 0.29) is 0 Å². The fourth-order valence-electron chi connectivity index (χ4n) is 4.30. The maximum atomic E-state index is 5.58. The van der Waals surface area contributed by atoms with Crippen molar-refractivity contribution in [3.8, 4) is 11.5 Å². The average molecular weight is 383 g/mol. The van der Waals surface area contributed by atoms with Gasteiger partial charge in [-0.1, -0.05) is 6.07 Å². The van der Waals surface area contributed by atoms with Crippen LogP contribution in [0.1, 0.15) is 41.4 Å². The molecule has 1 aromatic carbocycles. The summed E-state index contributed by atoms with van der Waals surface area (Å²) >= 11 is 0. The van der Waals surface area contributed by atoms with Crippen LogP contribution in [-0.4, -0.2) is 60.7 Å². The summed E-state index contributed by atoms with van der Waals surface area (Å²) in [5.41, 5.74) is 3.73. The summed E-state index contributed by atoms with van der Waals surface area (Å²) in [6, 6.07) is 6.07. The van der Waals surface area contributed by atoms with Gasteiger partial charge in [-0.3, -0.25) is 4.90 Å². The molecule has 0 radical (unpaired) electrons. The van der Waals surface area contributed by atoms with Crippen LogP contribution in [-0.2, 0) is 19.5 Å². The number of rotatable bonds is 5. The molecule has 2 aromatic rings. The van der Waals surface area contributed by atoms with E-state index in [1.807, 2.05) is 12.1 Å². The number of likely N-dealkylation sites (N-methyl/N-ethyl adjacent to an activating group) is 1. The SMILES string of the molecule is COc1ccc(CN2CCC[C@@H](c3ncc4c(n3)CCN(C)C4)C2)c(OC)c1. The second kappa shape index (κ2) is 8.45. The van der Waals surface area contributed by atoms with Crippen LogP contribution in [0.2, 0.25) is 0 Å². The Labute approximate surface area is 167 Å². The molecule has 2 aliphatic heterocycles. The highest BCUT2D eigenvalue weighted by Crippen LogP contribution is 2.30. The van der Waals surface area contributed by atoms with Gasteiger partial charge in [0, 0.05) is 67.6 Å². The quantitative estimate of drug-likeness (QED) is 0.793. The number of likely N-dealkylation sites (tertiary alicyclic amines) is 1. The lowest BCUT2D eigenvalue weighted by Crippen LogP contribution is -2.35. The monoisotopic (exact) mass is 382 g/mol. The summed E-state index contributed by atoms with van der Waals surface area (Å²) in [7, 11) is 5.55. The van der Waals surface area contributed by atoms with E-state index < -0.39 is 0 Å². The first-order chi connectivity index (χ1) is 13.7. The maximum Gasteiger partial charge on any atom is 0.132 e. The zero-order chi connectivity index (χ0) is 19.5. The Balaban J connectivity index is 1.46. The molecule has 1 aromatic heterocycles. The predicted octanol–water partition coefficient (Wildman–Crippen LogP) is 2.86. The molecule has 150 valence electrons. The highest BCUT2D eigenvalue weighted by Gasteiger charge is 2.26. The third-order valence-corrected chi connectivity index (χ3v) is 5.90. The van der Waals surface area contributed by atoms with Crippen LogP contribution in [0.4, 0.5) is 0 Å². The van der Waals surface area contributed by atoms with Crippen molar-refractivity contribution in [3.63, 3.8) is 0 Å². The van der Waals surface area contributed by atoms with Crippen molar-refractivity contribution in [1.29, 1.82) is 0 Å². The van der Waals surface area contributed by atoms with E-state index in [4.69, 9.17) is 19.4 Å². The summed E-state index contributed by atoms with van der Waals surface area (Å²) in [5, 5.41) is 0. The molecular weight excluding hydrogens is 352 g/mol. The number of fused-ring (bicyclic) bond motifs is 1. The number of aromatic nitrogens is 2. The molecule has 0 N–H and O–H groups in total. The summed E-state index contributed by atoms with van der Waals surface area (Å²) in [4.78, 5) is 14.5. The van der Waals surface area contributed by atoms with Crippen LogP contribution in [0.15, 0.2) is 24.4 Å². The first-order valence-corrected chi connectivity index (χ1v) is 10.1. The first kappa shape index (κ1) is 19.2. The van der Waals surface area contributed by atoms with Crippen molar-refractivity contribution in [2.45, 2.75) is 38.3 Å². The van der Waals surface area contributed by atoms with Gasteiger partial charge in [-0.05, 0) is 32.5 Å². The van der Waals surface area contributed by atoms with E-state index in [0.29, 0.717) is 5.92 Å². The minimum absolute atomic E-state index is 0.406. The Morgan fingerprint density at radius 1 is 1.18 bits per heavy atom. The minimum Gasteiger partial charge on any atom is -0.497 e. The molecular formula is C22H30N4O2. The fraction of sp³-hybridized carbons (Fsp3) is 0.545. The molecule has 6 heteroatoms. The van der Waals surface area contributed by atoms with Gasteiger partial charge in [0.25, 0.3) is 0 Å². The van der Waals surface area contributed by atoms with Crippen molar-refractivity contribution < 1.29 is 9.47 Å². The zero-order valence-corrected chi connectivity index (χ0v) is 17.1. The standard InChI is InChI=1S/C22H30N4O2/c1-25-10-8-20-18(13-25)12-23-22(24-20)17-5-4-9-26(15-17)14-16-6-7-19(27-2)11-21(16)28-3/h6-7,11-12,17H,4-5,8-10,13-15H2,1-3H3/t17-/m1/s1. The largest absolute Gasteiger partial charge is 0.497 e. The highest BCUT2D eigenvalue weighted by molar-refractivity contribution is 5.40. The molecule has 4 rings (SSSR count). The maximum absolute atomic E-state index is 5.58. The van der Waals surface area contributed by atoms with Gasteiger partial charge >= 0.3 is 0 Å². The highest BCUT2D eigenvalue weighted by atomic mass is 16.5. The fourth-order valence-corrected chi connectivity index (χ4v) is 4.30. The van der Waals surface area contributed by atoms with Gasteiger partial charge in [-0.25, -0.2) is 9.97 Å². The third-order valence-electron chi connectivity index (χ3n) is 5.90. The van der Waals surface area contributed by atoms with Gasteiger partial charge in [-0.15, -0.1) is 0 Å². The molecule has 0 spiro atoms. The van der Waals surface area contributed by atoms with Crippen molar-refractivity contribution in [3.05, 3.63) is 47.0 Å². The van der Waals surface area contributed by atoms with Crippen molar-refractivity contribution >= 4 is 0 Å². The van der Waals surface area contributed by atoms with E-state index >= 15 is 0 Å². The normalized spacial score (nSPS) is 20.6. The molecule has 0 bridgehead atoms. The molecule has 0 aliphatic carbocycles.